The first-order chi connectivity index (χ1) is 14.6. The van der Waals surface area contributed by atoms with E-state index >= 15 is 0 Å². The van der Waals surface area contributed by atoms with Gasteiger partial charge in [0.1, 0.15) is 6.10 Å². The number of nitrogens with one attached hydrogen (secondary N) is 3. The van der Waals surface area contributed by atoms with Gasteiger partial charge in [-0.3, -0.25) is 14.9 Å². The number of aromatic amines is 1. The minimum atomic E-state index is -0.640. The maximum atomic E-state index is 12.6. The van der Waals surface area contributed by atoms with E-state index in [1.165, 1.54) is 0 Å². The second-order valence-corrected chi connectivity index (χ2v) is 7.43. The van der Waals surface area contributed by atoms with E-state index < -0.39 is 17.8 Å². The molecular weight excluding hydrogens is 382 g/mol. The molecule has 0 spiro atoms. The maximum absolute atomic E-state index is 12.6. The molecule has 1 fully saturated rings. The van der Waals surface area contributed by atoms with Crippen LogP contribution < -0.4 is 10.6 Å². The zero-order valence-corrected chi connectivity index (χ0v) is 16.4. The van der Waals surface area contributed by atoms with Crippen LogP contribution in [0.25, 0.3) is 10.9 Å². The van der Waals surface area contributed by atoms with Gasteiger partial charge in [0, 0.05) is 35.2 Å². The Kier molecular flexibility index (Phi) is 5.79. The number of hydrogen-bond donors (Lipinski definition) is 3. The van der Waals surface area contributed by atoms with Crippen molar-refractivity contribution in [3.63, 3.8) is 0 Å². The molecular formula is C23H23N3O4. The van der Waals surface area contributed by atoms with E-state index in [2.05, 4.69) is 15.6 Å². The molecule has 1 saturated carbocycles. The second kappa shape index (κ2) is 8.82. The van der Waals surface area contributed by atoms with Crippen molar-refractivity contribution in [3.05, 3.63) is 66.4 Å². The van der Waals surface area contributed by atoms with Gasteiger partial charge in [-0.1, -0.05) is 36.4 Å². The fraction of sp³-hybridized carbons (Fsp3) is 0.261. The Morgan fingerprint density at radius 1 is 0.967 bits per heavy atom. The van der Waals surface area contributed by atoms with E-state index in [1.807, 2.05) is 42.5 Å². The molecule has 3 aromatic rings. The van der Waals surface area contributed by atoms with Crippen molar-refractivity contribution in [2.45, 2.75) is 37.8 Å². The summed E-state index contributed by atoms with van der Waals surface area (Å²) in [6, 6.07) is 16.2. The number of hydrogen-bond acceptors (Lipinski definition) is 4. The van der Waals surface area contributed by atoms with Crippen LogP contribution in [0, 0.1) is 0 Å². The third-order valence-corrected chi connectivity index (χ3v) is 5.30. The summed E-state index contributed by atoms with van der Waals surface area (Å²) < 4.78 is 5.51. The van der Waals surface area contributed by atoms with Gasteiger partial charge in [-0.15, -0.1) is 0 Å². The molecule has 2 unspecified atom stereocenters. The van der Waals surface area contributed by atoms with E-state index in [9.17, 15) is 14.4 Å². The van der Waals surface area contributed by atoms with Crippen LogP contribution >= 0.6 is 0 Å². The number of carbonyl (C=O) groups is 3. The van der Waals surface area contributed by atoms with Crippen molar-refractivity contribution in [2.75, 3.05) is 5.32 Å². The van der Waals surface area contributed by atoms with Crippen LogP contribution in [0.15, 0.2) is 60.8 Å². The van der Waals surface area contributed by atoms with Crippen LogP contribution in [-0.2, 0) is 9.53 Å². The summed E-state index contributed by atoms with van der Waals surface area (Å²) in [5.74, 6) is -1.21. The number of H-pyrrole nitrogens is 1. The SMILES string of the molecule is O=C(Nc1ccccc1)OC1CCCC(NC(=O)C(=O)c2c[nH]c3ccccc23)C1. The highest BCUT2D eigenvalue weighted by Gasteiger charge is 2.28. The first kappa shape index (κ1) is 19.7. The zero-order valence-electron chi connectivity index (χ0n) is 16.4. The highest BCUT2D eigenvalue weighted by Crippen LogP contribution is 2.23. The molecule has 30 heavy (non-hydrogen) atoms. The van der Waals surface area contributed by atoms with Crippen molar-refractivity contribution in [1.82, 2.24) is 10.3 Å². The van der Waals surface area contributed by atoms with Crippen molar-refractivity contribution < 1.29 is 19.1 Å². The number of Topliss-reactive ketones (excluding diaryl/α,β-unsaturated/α-hetero) is 1. The van der Waals surface area contributed by atoms with Crippen molar-refractivity contribution in [2.24, 2.45) is 0 Å². The van der Waals surface area contributed by atoms with Gasteiger partial charge in [-0.05, 0) is 37.5 Å². The standard InChI is InChI=1S/C23H23N3O4/c27-21(19-14-24-20-12-5-4-11-18(19)20)22(28)25-16-9-6-10-17(13-16)30-23(29)26-15-7-2-1-3-8-15/h1-5,7-8,11-12,14,16-17,24H,6,9-10,13H2,(H,25,28)(H,26,29). The van der Waals surface area contributed by atoms with Crippen LogP contribution in [0.5, 0.6) is 0 Å². The monoisotopic (exact) mass is 405 g/mol. The van der Waals surface area contributed by atoms with Crippen LogP contribution in [0.4, 0.5) is 10.5 Å². The van der Waals surface area contributed by atoms with Gasteiger partial charge in [-0.2, -0.15) is 0 Å². The Hall–Kier alpha value is -3.61. The van der Waals surface area contributed by atoms with Crippen LogP contribution in [-0.4, -0.2) is 34.9 Å². The first-order valence-electron chi connectivity index (χ1n) is 10.0. The number of amides is 2. The fourth-order valence-corrected chi connectivity index (χ4v) is 3.84. The topological polar surface area (TPSA) is 100 Å². The normalized spacial score (nSPS) is 18.5. The number of rotatable bonds is 5. The minimum Gasteiger partial charge on any atom is -0.446 e. The first-order valence-corrected chi connectivity index (χ1v) is 10.0. The van der Waals surface area contributed by atoms with Gasteiger partial charge in [-0.25, -0.2) is 4.79 Å². The van der Waals surface area contributed by atoms with Gasteiger partial charge in [0.25, 0.3) is 11.7 Å². The summed E-state index contributed by atoms with van der Waals surface area (Å²) >= 11 is 0. The fourth-order valence-electron chi connectivity index (χ4n) is 3.84. The molecule has 2 amide bonds. The number of carbonyl (C=O) groups excluding carboxylic acids is 3. The number of benzene rings is 2. The predicted molar refractivity (Wildman–Crippen MR) is 113 cm³/mol. The Bertz CT molecular complexity index is 1060. The molecule has 1 aliphatic carbocycles. The van der Waals surface area contributed by atoms with E-state index in [0.29, 0.717) is 17.7 Å². The number of anilines is 1. The molecule has 0 bridgehead atoms. The molecule has 0 saturated heterocycles. The molecule has 3 N–H and O–H groups in total. The van der Waals surface area contributed by atoms with Crippen LogP contribution in [0.2, 0.25) is 0 Å². The molecule has 7 nitrogen and oxygen atoms in total. The summed E-state index contributed by atoms with van der Waals surface area (Å²) in [6.07, 6.45) is 3.49. The summed E-state index contributed by atoms with van der Waals surface area (Å²) in [5, 5.41) is 6.23. The third-order valence-electron chi connectivity index (χ3n) is 5.30. The number of fused-ring (bicyclic) bond motifs is 1. The Morgan fingerprint density at radius 2 is 1.73 bits per heavy atom. The lowest BCUT2D eigenvalue weighted by Gasteiger charge is -2.29. The average Bonchev–Trinajstić information content (AvgIpc) is 3.18. The largest absolute Gasteiger partial charge is 0.446 e. The number of ether oxygens (including phenoxy) is 1. The van der Waals surface area contributed by atoms with E-state index in [4.69, 9.17) is 4.74 Å². The Morgan fingerprint density at radius 3 is 2.57 bits per heavy atom. The van der Waals surface area contributed by atoms with Gasteiger partial charge >= 0.3 is 6.09 Å². The lowest BCUT2D eigenvalue weighted by atomic mass is 9.92. The summed E-state index contributed by atoms with van der Waals surface area (Å²) in [7, 11) is 0. The smallest absolute Gasteiger partial charge is 0.411 e. The number of ketones is 1. The molecule has 0 radical (unpaired) electrons. The molecule has 4 rings (SSSR count). The van der Waals surface area contributed by atoms with E-state index in [-0.39, 0.29) is 12.1 Å². The zero-order chi connectivity index (χ0) is 20.9. The molecule has 1 aromatic heterocycles. The number of para-hydroxylation sites is 2. The van der Waals surface area contributed by atoms with Gasteiger partial charge in [0.2, 0.25) is 0 Å². The molecule has 154 valence electrons. The van der Waals surface area contributed by atoms with Gasteiger partial charge < -0.3 is 15.0 Å². The Balaban J connectivity index is 1.32. The Labute approximate surface area is 173 Å². The van der Waals surface area contributed by atoms with Crippen LogP contribution in [0.1, 0.15) is 36.0 Å². The molecule has 2 aromatic carbocycles. The summed E-state index contributed by atoms with van der Waals surface area (Å²) in [6.45, 7) is 0. The van der Waals surface area contributed by atoms with Crippen molar-refractivity contribution in [3.8, 4) is 0 Å². The minimum absolute atomic E-state index is 0.213. The third kappa shape index (κ3) is 4.51. The average molecular weight is 405 g/mol. The van der Waals surface area contributed by atoms with Gasteiger partial charge in [0.05, 0.1) is 5.56 Å². The lowest BCUT2D eigenvalue weighted by Crippen LogP contribution is -2.43. The molecule has 1 aliphatic rings. The lowest BCUT2D eigenvalue weighted by molar-refractivity contribution is -0.118. The highest BCUT2D eigenvalue weighted by molar-refractivity contribution is 6.45. The number of aromatic nitrogens is 1. The molecule has 2 atom stereocenters. The molecule has 7 heteroatoms. The quantitative estimate of drug-likeness (QED) is 0.441. The maximum Gasteiger partial charge on any atom is 0.411 e. The van der Waals surface area contributed by atoms with E-state index in [1.54, 1.807) is 18.3 Å². The van der Waals surface area contributed by atoms with Crippen molar-refractivity contribution >= 4 is 34.4 Å². The predicted octanol–water partition coefficient (Wildman–Crippen LogP) is 4.03. The van der Waals surface area contributed by atoms with E-state index in [0.717, 1.165) is 30.2 Å². The summed E-state index contributed by atoms with van der Waals surface area (Å²) in [4.78, 5) is 40.3. The highest BCUT2D eigenvalue weighted by atomic mass is 16.6. The second-order valence-electron chi connectivity index (χ2n) is 7.43. The van der Waals surface area contributed by atoms with Gasteiger partial charge in [0.15, 0.2) is 0 Å². The van der Waals surface area contributed by atoms with Crippen LogP contribution in [0.3, 0.4) is 0 Å². The molecule has 0 aliphatic heterocycles. The summed E-state index contributed by atoms with van der Waals surface area (Å²) in [5.41, 5.74) is 1.82. The molecule has 1 heterocycles. The van der Waals surface area contributed by atoms with Crippen molar-refractivity contribution in [1.29, 1.82) is 0 Å².